The van der Waals surface area contributed by atoms with Crippen LogP contribution in [0.15, 0.2) is 82.5 Å². The van der Waals surface area contributed by atoms with Gasteiger partial charge >= 0.3 is 19.4 Å². The van der Waals surface area contributed by atoms with Gasteiger partial charge in [-0.1, -0.05) is 54.1 Å². The molecule has 2 N–H and O–H groups in total. The summed E-state index contributed by atoms with van der Waals surface area (Å²) in [6.45, 7) is 4.81. The monoisotopic (exact) mass is 555 g/mol. The molecule has 0 saturated heterocycles. The van der Waals surface area contributed by atoms with Gasteiger partial charge in [0.1, 0.15) is 24.5 Å². The lowest BCUT2D eigenvalue weighted by Crippen LogP contribution is -2.36. The van der Waals surface area contributed by atoms with Gasteiger partial charge in [-0.15, -0.1) is 0 Å². The highest BCUT2D eigenvalue weighted by atomic mass is 31.2. The summed E-state index contributed by atoms with van der Waals surface area (Å²) < 4.78 is 37.6. The highest BCUT2D eigenvalue weighted by Gasteiger charge is 2.34. The Morgan fingerprint density at radius 2 is 1.82 bits per heavy atom. The van der Waals surface area contributed by atoms with Crippen molar-refractivity contribution in [3.05, 3.63) is 110 Å². The van der Waals surface area contributed by atoms with Crippen molar-refractivity contribution in [1.29, 1.82) is 0 Å². The van der Waals surface area contributed by atoms with Crippen molar-refractivity contribution in [3.8, 4) is 5.75 Å². The molecule has 1 aliphatic heterocycles. The number of rotatable bonds is 11. The van der Waals surface area contributed by atoms with Crippen LogP contribution in [0.3, 0.4) is 0 Å². The number of esters is 1. The second kappa shape index (κ2) is 12.4. The van der Waals surface area contributed by atoms with Crippen LogP contribution in [0.5, 0.6) is 5.75 Å². The van der Waals surface area contributed by atoms with Crippen LogP contribution in [0.25, 0.3) is 0 Å². The van der Waals surface area contributed by atoms with Gasteiger partial charge in [0.25, 0.3) is 5.56 Å². The van der Waals surface area contributed by atoms with E-state index in [1.165, 1.54) is 17.7 Å². The summed E-state index contributed by atoms with van der Waals surface area (Å²) >= 11 is 0. The smallest absolute Gasteiger partial charge is 0.459 e. The molecule has 0 saturated carbocycles. The fourth-order valence-electron chi connectivity index (χ4n) is 3.66. The van der Waals surface area contributed by atoms with E-state index in [0.717, 1.165) is 11.1 Å². The Hall–Kier alpha value is -3.76. The van der Waals surface area contributed by atoms with Gasteiger partial charge in [-0.2, -0.15) is 5.09 Å². The molecule has 0 unspecified atom stereocenters. The zero-order valence-electron chi connectivity index (χ0n) is 21.7. The molecule has 0 fully saturated rings. The largest absolute Gasteiger partial charge is 0.460 e. The molecule has 4 rings (SSSR count). The van der Waals surface area contributed by atoms with Crippen LogP contribution >= 0.6 is 7.75 Å². The molecule has 39 heavy (non-hydrogen) atoms. The number of nitrogens with zero attached hydrogens (tertiary/aromatic N) is 1. The van der Waals surface area contributed by atoms with Gasteiger partial charge in [0.15, 0.2) is 6.23 Å². The zero-order chi connectivity index (χ0) is 28.0. The molecule has 2 heterocycles. The van der Waals surface area contributed by atoms with Crippen molar-refractivity contribution in [1.82, 2.24) is 14.6 Å². The Labute approximate surface area is 225 Å². The summed E-state index contributed by atoms with van der Waals surface area (Å²) in [5.74, 6) is -0.364. The minimum Gasteiger partial charge on any atom is -0.460 e. The van der Waals surface area contributed by atoms with Crippen LogP contribution in [0.4, 0.5) is 0 Å². The number of aromatic nitrogens is 2. The standard InChI is InChI=1S/C27H30N3O8P/c1-18-9-11-22(12-10-18)38-39(34,29-20(3)26(32)35-16-21-7-5-4-6-8-21)36-17-23-13-14-24(37-23)30-15-19(2)25(31)28-27(30)33/h4-15,20,23-24H,16-17H2,1-3H3,(H,29,34)(H,28,31,33)/t20-,23-,24+,39-/m0/s1. The molecule has 0 bridgehead atoms. The number of carbonyl (C=O) groups is 1. The molecular formula is C27H30N3O8P. The highest BCUT2D eigenvalue weighted by Crippen LogP contribution is 2.45. The van der Waals surface area contributed by atoms with Crippen molar-refractivity contribution in [2.24, 2.45) is 0 Å². The fourth-order valence-corrected chi connectivity index (χ4v) is 5.16. The molecule has 1 aromatic heterocycles. The van der Waals surface area contributed by atoms with Gasteiger partial charge in [-0.05, 0) is 44.5 Å². The highest BCUT2D eigenvalue weighted by molar-refractivity contribution is 7.52. The zero-order valence-corrected chi connectivity index (χ0v) is 22.6. The Morgan fingerprint density at radius 3 is 2.54 bits per heavy atom. The van der Waals surface area contributed by atoms with Crippen molar-refractivity contribution in [2.75, 3.05) is 6.61 Å². The maximum atomic E-state index is 13.8. The Bertz CT molecular complexity index is 1480. The van der Waals surface area contributed by atoms with Gasteiger partial charge in [-0.3, -0.25) is 23.7 Å². The van der Waals surface area contributed by atoms with E-state index in [-0.39, 0.29) is 19.0 Å². The number of nitrogens with one attached hydrogen (secondary N) is 2. The Kier molecular flexibility index (Phi) is 8.98. The van der Waals surface area contributed by atoms with Crippen molar-refractivity contribution in [2.45, 2.75) is 45.8 Å². The molecule has 0 amide bonds. The Morgan fingerprint density at radius 1 is 1.10 bits per heavy atom. The molecule has 206 valence electrons. The first-order valence-electron chi connectivity index (χ1n) is 12.3. The van der Waals surface area contributed by atoms with E-state index in [9.17, 15) is 18.9 Å². The molecule has 0 spiro atoms. The van der Waals surface area contributed by atoms with E-state index >= 15 is 0 Å². The molecule has 2 aromatic carbocycles. The van der Waals surface area contributed by atoms with Crippen molar-refractivity contribution >= 4 is 13.7 Å². The maximum Gasteiger partial charge on any atom is 0.459 e. The minimum atomic E-state index is -4.11. The predicted octanol–water partition coefficient (Wildman–Crippen LogP) is 3.53. The van der Waals surface area contributed by atoms with E-state index in [1.54, 1.807) is 43.3 Å². The molecule has 1 aliphatic rings. The number of benzene rings is 2. The first-order chi connectivity index (χ1) is 18.6. The molecule has 3 aromatic rings. The number of aromatic amines is 1. The summed E-state index contributed by atoms with van der Waals surface area (Å²) in [5.41, 5.74) is 1.03. The second-order valence-electron chi connectivity index (χ2n) is 9.07. The molecule has 0 radical (unpaired) electrons. The molecular weight excluding hydrogens is 525 g/mol. The quantitative estimate of drug-likeness (QED) is 0.207. The van der Waals surface area contributed by atoms with Gasteiger partial charge < -0.3 is 14.0 Å². The summed E-state index contributed by atoms with van der Waals surface area (Å²) in [6, 6.07) is 15.0. The average molecular weight is 556 g/mol. The molecule has 4 atom stereocenters. The third kappa shape index (κ3) is 7.64. The van der Waals surface area contributed by atoms with Gasteiger partial charge in [0.2, 0.25) is 0 Å². The average Bonchev–Trinajstić information content (AvgIpc) is 3.39. The van der Waals surface area contributed by atoms with Crippen LogP contribution in [-0.4, -0.2) is 34.3 Å². The van der Waals surface area contributed by atoms with Gasteiger partial charge in [-0.25, -0.2) is 9.36 Å². The number of hydrogen-bond acceptors (Lipinski definition) is 8. The first-order valence-corrected chi connectivity index (χ1v) is 13.8. The van der Waals surface area contributed by atoms with Crippen LogP contribution < -0.4 is 20.9 Å². The van der Waals surface area contributed by atoms with E-state index < -0.39 is 43.3 Å². The molecule has 11 nitrogen and oxygen atoms in total. The Balaban J connectivity index is 1.42. The normalized spacial score (nSPS) is 18.8. The van der Waals surface area contributed by atoms with Gasteiger partial charge in [0, 0.05) is 11.8 Å². The summed E-state index contributed by atoms with van der Waals surface area (Å²) in [6.07, 6.45) is 3.18. The van der Waals surface area contributed by atoms with Crippen LogP contribution in [0.2, 0.25) is 0 Å². The lowest BCUT2D eigenvalue weighted by Gasteiger charge is -2.24. The number of ether oxygens (including phenoxy) is 2. The molecule has 12 heteroatoms. The molecule has 0 aliphatic carbocycles. The van der Waals surface area contributed by atoms with E-state index in [2.05, 4.69) is 10.1 Å². The maximum absolute atomic E-state index is 13.8. The number of carbonyl (C=O) groups excluding carboxylic acids is 1. The minimum absolute atomic E-state index is 0.0569. The van der Waals surface area contributed by atoms with Crippen molar-refractivity contribution in [3.63, 3.8) is 0 Å². The predicted molar refractivity (Wildman–Crippen MR) is 143 cm³/mol. The van der Waals surface area contributed by atoms with E-state index in [1.807, 2.05) is 37.3 Å². The summed E-state index contributed by atoms with van der Waals surface area (Å²) in [7, 11) is -4.11. The van der Waals surface area contributed by atoms with Gasteiger partial charge in [0.05, 0.1) is 6.61 Å². The first kappa shape index (κ1) is 28.3. The summed E-state index contributed by atoms with van der Waals surface area (Å²) in [5, 5.41) is 2.64. The lowest BCUT2D eigenvalue weighted by atomic mass is 10.2. The summed E-state index contributed by atoms with van der Waals surface area (Å²) in [4.78, 5) is 38.7. The van der Waals surface area contributed by atoms with E-state index in [0.29, 0.717) is 5.56 Å². The number of H-pyrrole nitrogens is 1. The van der Waals surface area contributed by atoms with Crippen LogP contribution in [0, 0.1) is 13.8 Å². The third-order valence-electron chi connectivity index (χ3n) is 5.81. The van der Waals surface area contributed by atoms with Crippen LogP contribution in [0.1, 0.15) is 29.8 Å². The topological polar surface area (TPSA) is 138 Å². The van der Waals surface area contributed by atoms with E-state index in [4.69, 9.17) is 18.5 Å². The second-order valence-corrected chi connectivity index (χ2v) is 10.8. The SMILES string of the molecule is Cc1ccc(O[P@](=O)(N[C@@H](C)C(=O)OCc2ccccc2)OC[C@@H]2C=C[C@H](n3cc(C)c(=O)[nH]c3=O)O2)cc1. The number of aryl methyl sites for hydroxylation is 2. The lowest BCUT2D eigenvalue weighted by molar-refractivity contribution is -0.146. The van der Waals surface area contributed by atoms with Crippen LogP contribution in [-0.2, 0) is 30.0 Å². The fraction of sp³-hybridized carbons (Fsp3) is 0.296. The van der Waals surface area contributed by atoms with Crippen molar-refractivity contribution < 1.29 is 27.9 Å². The third-order valence-corrected chi connectivity index (χ3v) is 7.45. The number of hydrogen-bond donors (Lipinski definition) is 2.